The van der Waals surface area contributed by atoms with Crippen molar-refractivity contribution in [1.29, 1.82) is 0 Å². The van der Waals surface area contributed by atoms with E-state index in [0.717, 1.165) is 5.56 Å². The van der Waals surface area contributed by atoms with Gasteiger partial charge in [0.05, 0.1) is 26.3 Å². The average Bonchev–Trinajstić information content (AvgIpc) is 2.47. The van der Waals surface area contributed by atoms with E-state index in [1.807, 2.05) is 31.2 Å². The van der Waals surface area contributed by atoms with E-state index in [4.69, 9.17) is 21.1 Å². The van der Waals surface area contributed by atoms with Gasteiger partial charge in [-0.3, -0.25) is 0 Å². The van der Waals surface area contributed by atoms with Gasteiger partial charge in [0.2, 0.25) is 17.7 Å². The first kappa shape index (κ1) is 14.4. The van der Waals surface area contributed by atoms with Crippen molar-refractivity contribution in [3.05, 3.63) is 40.9 Å². The fourth-order valence-electron chi connectivity index (χ4n) is 1.78. The minimum absolute atomic E-state index is 0.0412. The van der Waals surface area contributed by atoms with Crippen molar-refractivity contribution in [3.8, 4) is 11.8 Å². The molecule has 1 aromatic heterocycles. The summed E-state index contributed by atoms with van der Waals surface area (Å²) in [6.07, 6.45) is 0. The van der Waals surface area contributed by atoms with E-state index in [-0.39, 0.29) is 6.04 Å². The van der Waals surface area contributed by atoms with E-state index in [1.54, 1.807) is 20.3 Å². The molecule has 1 heterocycles. The molecule has 0 spiro atoms. The molecule has 0 aliphatic rings. The molecule has 0 bridgehead atoms. The van der Waals surface area contributed by atoms with E-state index in [9.17, 15) is 0 Å². The molecule has 0 saturated carbocycles. The van der Waals surface area contributed by atoms with Crippen LogP contribution >= 0.6 is 11.6 Å². The Labute approximate surface area is 122 Å². The number of hydrogen-bond acceptors (Lipinski definition) is 5. The second kappa shape index (κ2) is 6.43. The summed E-state index contributed by atoms with van der Waals surface area (Å²) in [5.41, 5.74) is 0.972. The summed E-state index contributed by atoms with van der Waals surface area (Å²) >= 11 is 6.17. The largest absolute Gasteiger partial charge is 0.481 e. The predicted molar refractivity (Wildman–Crippen MR) is 78.6 cm³/mol. The van der Waals surface area contributed by atoms with Crippen LogP contribution in [0.15, 0.2) is 30.3 Å². The van der Waals surface area contributed by atoms with E-state index in [2.05, 4.69) is 15.3 Å². The zero-order chi connectivity index (χ0) is 14.5. The third-order valence-corrected chi connectivity index (χ3v) is 3.16. The van der Waals surface area contributed by atoms with Gasteiger partial charge in [-0.15, -0.1) is 0 Å². The van der Waals surface area contributed by atoms with Crippen LogP contribution in [0.3, 0.4) is 0 Å². The van der Waals surface area contributed by atoms with E-state index < -0.39 is 0 Å². The van der Waals surface area contributed by atoms with Gasteiger partial charge < -0.3 is 14.8 Å². The van der Waals surface area contributed by atoms with Crippen LogP contribution in [0.2, 0.25) is 5.02 Å². The lowest BCUT2D eigenvalue weighted by Gasteiger charge is -2.16. The standard InChI is InChI=1S/C14H16ClN3O2/c1-9(10-6-4-5-7-11(10)15)16-14-17-12(19-2)8-13(18-14)20-3/h4-9H,1-3H3,(H,16,17,18). The molecule has 1 atom stereocenters. The molecular weight excluding hydrogens is 278 g/mol. The van der Waals surface area contributed by atoms with Crippen molar-refractivity contribution in [3.63, 3.8) is 0 Å². The first-order chi connectivity index (χ1) is 9.63. The summed E-state index contributed by atoms with van der Waals surface area (Å²) in [5, 5.41) is 3.88. The Balaban J connectivity index is 2.23. The first-order valence-corrected chi connectivity index (χ1v) is 6.50. The Hall–Kier alpha value is -2.01. The van der Waals surface area contributed by atoms with Crippen LogP contribution in [0, 0.1) is 0 Å². The van der Waals surface area contributed by atoms with Gasteiger partial charge in [-0.05, 0) is 18.6 Å². The first-order valence-electron chi connectivity index (χ1n) is 6.12. The summed E-state index contributed by atoms with van der Waals surface area (Å²) < 4.78 is 10.2. The molecule has 5 nitrogen and oxygen atoms in total. The zero-order valence-electron chi connectivity index (χ0n) is 11.6. The molecule has 0 saturated heterocycles. The lowest BCUT2D eigenvalue weighted by atomic mass is 10.1. The minimum Gasteiger partial charge on any atom is -0.481 e. The third kappa shape index (κ3) is 3.30. The molecule has 0 fully saturated rings. The second-order valence-electron chi connectivity index (χ2n) is 4.16. The molecule has 0 amide bonds. The van der Waals surface area contributed by atoms with Crippen molar-refractivity contribution in [2.24, 2.45) is 0 Å². The SMILES string of the molecule is COc1cc(OC)nc(NC(C)c2ccccc2Cl)n1. The Morgan fingerprint density at radius 1 is 1.10 bits per heavy atom. The number of aromatic nitrogens is 2. The minimum atomic E-state index is -0.0412. The van der Waals surface area contributed by atoms with Gasteiger partial charge >= 0.3 is 0 Å². The molecule has 0 aliphatic heterocycles. The second-order valence-corrected chi connectivity index (χ2v) is 4.57. The lowest BCUT2D eigenvalue weighted by Crippen LogP contribution is -2.10. The molecule has 20 heavy (non-hydrogen) atoms. The number of nitrogens with zero attached hydrogens (tertiary/aromatic N) is 2. The Morgan fingerprint density at radius 3 is 2.25 bits per heavy atom. The monoisotopic (exact) mass is 293 g/mol. The number of benzene rings is 1. The number of nitrogens with one attached hydrogen (secondary N) is 1. The van der Waals surface area contributed by atoms with Crippen molar-refractivity contribution < 1.29 is 9.47 Å². The van der Waals surface area contributed by atoms with Gasteiger partial charge in [0, 0.05) is 5.02 Å². The fourth-order valence-corrected chi connectivity index (χ4v) is 2.07. The van der Waals surface area contributed by atoms with Gasteiger partial charge in [0.1, 0.15) is 0 Å². The molecule has 106 valence electrons. The molecule has 1 aromatic carbocycles. The van der Waals surface area contributed by atoms with Gasteiger partial charge in [0.15, 0.2) is 0 Å². The van der Waals surface area contributed by atoms with Crippen molar-refractivity contribution in [2.45, 2.75) is 13.0 Å². The zero-order valence-corrected chi connectivity index (χ0v) is 12.3. The summed E-state index contributed by atoms with van der Waals surface area (Å²) in [7, 11) is 3.09. The molecular formula is C14H16ClN3O2. The fraction of sp³-hybridized carbons (Fsp3) is 0.286. The van der Waals surface area contributed by atoms with Crippen molar-refractivity contribution >= 4 is 17.5 Å². The van der Waals surface area contributed by atoms with Crippen molar-refractivity contribution in [1.82, 2.24) is 9.97 Å². The number of rotatable bonds is 5. The highest BCUT2D eigenvalue weighted by molar-refractivity contribution is 6.31. The van der Waals surface area contributed by atoms with Gasteiger partial charge in [-0.2, -0.15) is 9.97 Å². The predicted octanol–water partition coefficient (Wildman–Crippen LogP) is 3.32. The van der Waals surface area contributed by atoms with Crippen LogP contribution < -0.4 is 14.8 Å². The number of anilines is 1. The Morgan fingerprint density at radius 2 is 1.70 bits per heavy atom. The van der Waals surface area contributed by atoms with Crippen molar-refractivity contribution in [2.75, 3.05) is 19.5 Å². The van der Waals surface area contributed by atoms with Gasteiger partial charge in [-0.25, -0.2) is 0 Å². The Bertz CT molecular complexity index is 570. The number of hydrogen-bond donors (Lipinski definition) is 1. The molecule has 6 heteroatoms. The smallest absolute Gasteiger partial charge is 0.229 e. The van der Waals surface area contributed by atoms with Crippen LogP contribution in [-0.2, 0) is 0 Å². The topological polar surface area (TPSA) is 56.3 Å². The quantitative estimate of drug-likeness (QED) is 0.916. The van der Waals surface area contributed by atoms with E-state index in [1.165, 1.54) is 0 Å². The molecule has 2 rings (SSSR count). The molecule has 2 aromatic rings. The van der Waals surface area contributed by atoms with Crippen LogP contribution in [0.5, 0.6) is 11.8 Å². The highest BCUT2D eigenvalue weighted by Gasteiger charge is 2.12. The number of methoxy groups -OCH3 is 2. The molecule has 1 N–H and O–H groups in total. The van der Waals surface area contributed by atoms with Crippen LogP contribution in [0.25, 0.3) is 0 Å². The van der Waals surface area contributed by atoms with Crippen LogP contribution in [0.4, 0.5) is 5.95 Å². The summed E-state index contributed by atoms with van der Waals surface area (Å²) in [5.74, 6) is 1.30. The summed E-state index contributed by atoms with van der Waals surface area (Å²) in [6.45, 7) is 1.98. The number of ether oxygens (including phenoxy) is 2. The highest BCUT2D eigenvalue weighted by atomic mass is 35.5. The summed E-state index contributed by atoms with van der Waals surface area (Å²) in [4.78, 5) is 8.45. The summed E-state index contributed by atoms with van der Waals surface area (Å²) in [6, 6.07) is 9.21. The van der Waals surface area contributed by atoms with Gasteiger partial charge in [0.25, 0.3) is 0 Å². The van der Waals surface area contributed by atoms with E-state index >= 15 is 0 Å². The lowest BCUT2D eigenvalue weighted by molar-refractivity contribution is 0.372. The third-order valence-electron chi connectivity index (χ3n) is 2.81. The van der Waals surface area contributed by atoms with E-state index in [0.29, 0.717) is 22.7 Å². The normalized spacial score (nSPS) is 11.8. The van der Waals surface area contributed by atoms with Gasteiger partial charge in [-0.1, -0.05) is 29.8 Å². The highest BCUT2D eigenvalue weighted by Crippen LogP contribution is 2.26. The maximum Gasteiger partial charge on any atom is 0.229 e. The van der Waals surface area contributed by atoms with Crippen LogP contribution in [-0.4, -0.2) is 24.2 Å². The molecule has 0 aliphatic carbocycles. The van der Waals surface area contributed by atoms with Crippen LogP contribution in [0.1, 0.15) is 18.5 Å². The average molecular weight is 294 g/mol. The number of halogens is 1. The maximum atomic E-state index is 6.17. The molecule has 1 unspecified atom stereocenters. The maximum absolute atomic E-state index is 6.17. The molecule has 0 radical (unpaired) electrons. The Kier molecular flexibility index (Phi) is 4.63.